The second kappa shape index (κ2) is 2.48. The largest absolute Gasteiger partial charge is 0.396 e. The number of hydrogen-bond acceptors (Lipinski definition) is 2. The van der Waals surface area contributed by atoms with Crippen LogP contribution in [0.5, 0.6) is 0 Å². The molecule has 0 aromatic carbocycles. The van der Waals surface area contributed by atoms with Crippen LogP contribution in [0.1, 0.15) is 19.8 Å². The van der Waals surface area contributed by atoms with Gasteiger partial charge in [0.15, 0.2) is 0 Å². The van der Waals surface area contributed by atoms with Crippen molar-refractivity contribution >= 4 is 5.78 Å². The van der Waals surface area contributed by atoms with E-state index < -0.39 is 0 Å². The van der Waals surface area contributed by atoms with Crippen LogP contribution in [-0.4, -0.2) is 17.5 Å². The summed E-state index contributed by atoms with van der Waals surface area (Å²) in [4.78, 5) is 10.9. The van der Waals surface area contributed by atoms with Gasteiger partial charge in [-0.15, -0.1) is 0 Å². The molecular weight excluding hydrogens is 116 g/mol. The molecule has 0 amide bonds. The van der Waals surface area contributed by atoms with Gasteiger partial charge in [0, 0.05) is 12.3 Å². The fourth-order valence-corrected chi connectivity index (χ4v) is 1.36. The van der Waals surface area contributed by atoms with Crippen molar-refractivity contribution in [3.8, 4) is 0 Å². The zero-order chi connectivity index (χ0) is 6.85. The molecule has 52 valence electrons. The van der Waals surface area contributed by atoms with Crippen molar-refractivity contribution in [1.29, 1.82) is 0 Å². The molecule has 0 bridgehead atoms. The van der Waals surface area contributed by atoms with Crippen molar-refractivity contribution in [3.05, 3.63) is 0 Å². The molecule has 0 aliphatic heterocycles. The first-order valence-corrected chi connectivity index (χ1v) is 3.39. The van der Waals surface area contributed by atoms with Crippen LogP contribution in [0.25, 0.3) is 0 Å². The van der Waals surface area contributed by atoms with Crippen molar-refractivity contribution in [3.63, 3.8) is 0 Å². The molecule has 1 fully saturated rings. The van der Waals surface area contributed by atoms with Crippen LogP contribution in [0.2, 0.25) is 0 Å². The maximum absolute atomic E-state index is 10.9. The first kappa shape index (κ1) is 6.75. The molecule has 2 heteroatoms. The zero-order valence-electron chi connectivity index (χ0n) is 5.63. The molecule has 0 spiro atoms. The Kier molecular flexibility index (Phi) is 1.86. The van der Waals surface area contributed by atoms with Gasteiger partial charge in [-0.2, -0.15) is 0 Å². The Bertz CT molecular complexity index is 120. The third kappa shape index (κ3) is 1.13. The first-order valence-electron chi connectivity index (χ1n) is 3.39. The molecule has 2 atom stereocenters. The molecule has 0 unspecified atom stereocenters. The maximum Gasteiger partial charge on any atom is 0.138 e. The topological polar surface area (TPSA) is 37.3 Å². The van der Waals surface area contributed by atoms with Crippen LogP contribution < -0.4 is 0 Å². The van der Waals surface area contributed by atoms with E-state index >= 15 is 0 Å². The van der Waals surface area contributed by atoms with Gasteiger partial charge in [0.2, 0.25) is 0 Å². The van der Waals surface area contributed by atoms with Gasteiger partial charge < -0.3 is 5.11 Å². The molecule has 0 aromatic rings. The molecule has 1 aliphatic carbocycles. The van der Waals surface area contributed by atoms with E-state index in [1.807, 2.05) is 6.92 Å². The minimum absolute atomic E-state index is 0.0417. The third-order valence-electron chi connectivity index (χ3n) is 2.14. The number of rotatable bonds is 1. The number of aliphatic hydroxyl groups excluding tert-OH is 1. The monoisotopic (exact) mass is 128 g/mol. The van der Waals surface area contributed by atoms with Gasteiger partial charge in [-0.1, -0.05) is 6.92 Å². The van der Waals surface area contributed by atoms with Crippen molar-refractivity contribution in [1.82, 2.24) is 0 Å². The van der Waals surface area contributed by atoms with Gasteiger partial charge in [-0.3, -0.25) is 4.79 Å². The number of hydrogen-bond donors (Lipinski definition) is 1. The SMILES string of the molecule is C[C@H]1CCC(=O)[C@@H]1CO. The summed E-state index contributed by atoms with van der Waals surface area (Å²) in [6.45, 7) is 2.06. The summed E-state index contributed by atoms with van der Waals surface area (Å²) in [5.74, 6) is 0.595. The molecule has 0 aromatic heterocycles. The third-order valence-corrected chi connectivity index (χ3v) is 2.14. The zero-order valence-corrected chi connectivity index (χ0v) is 5.63. The average Bonchev–Trinajstić information content (AvgIpc) is 2.12. The summed E-state index contributed by atoms with van der Waals surface area (Å²) in [7, 11) is 0. The Labute approximate surface area is 54.9 Å². The number of ketones is 1. The summed E-state index contributed by atoms with van der Waals surface area (Å²) in [6, 6.07) is 0. The van der Waals surface area contributed by atoms with Gasteiger partial charge in [0.25, 0.3) is 0 Å². The summed E-state index contributed by atoms with van der Waals surface area (Å²) in [5.41, 5.74) is 0. The van der Waals surface area contributed by atoms with E-state index in [0.29, 0.717) is 12.3 Å². The fourth-order valence-electron chi connectivity index (χ4n) is 1.36. The number of aliphatic hydroxyl groups is 1. The molecule has 1 aliphatic rings. The van der Waals surface area contributed by atoms with Crippen LogP contribution in [-0.2, 0) is 4.79 Å². The summed E-state index contributed by atoms with van der Waals surface area (Å²) in [6.07, 6.45) is 1.64. The molecular formula is C7H12O2. The average molecular weight is 128 g/mol. The second-order valence-electron chi connectivity index (χ2n) is 2.77. The minimum atomic E-state index is -0.0509. The standard InChI is InChI=1S/C7H12O2/c1-5-2-3-7(9)6(5)4-8/h5-6,8H,2-4H2,1H3/t5-,6+/m0/s1. The maximum atomic E-state index is 10.9. The molecule has 0 radical (unpaired) electrons. The second-order valence-corrected chi connectivity index (χ2v) is 2.77. The summed E-state index contributed by atoms with van der Waals surface area (Å²) >= 11 is 0. The lowest BCUT2D eigenvalue weighted by atomic mass is 9.99. The van der Waals surface area contributed by atoms with Crippen LogP contribution in [0.15, 0.2) is 0 Å². The minimum Gasteiger partial charge on any atom is -0.396 e. The van der Waals surface area contributed by atoms with E-state index in [9.17, 15) is 4.79 Å². The van der Waals surface area contributed by atoms with Crippen molar-refractivity contribution in [2.75, 3.05) is 6.61 Å². The number of Topliss-reactive ketones (excluding diaryl/α,β-unsaturated/α-hetero) is 1. The molecule has 0 saturated heterocycles. The summed E-state index contributed by atoms with van der Waals surface area (Å²) < 4.78 is 0. The van der Waals surface area contributed by atoms with Gasteiger partial charge in [-0.05, 0) is 12.3 Å². The van der Waals surface area contributed by atoms with Gasteiger partial charge in [0.1, 0.15) is 5.78 Å². The molecule has 1 N–H and O–H groups in total. The van der Waals surface area contributed by atoms with Crippen LogP contribution in [0, 0.1) is 11.8 Å². The highest BCUT2D eigenvalue weighted by Crippen LogP contribution is 2.27. The lowest BCUT2D eigenvalue weighted by Gasteiger charge is -2.07. The van der Waals surface area contributed by atoms with E-state index in [1.54, 1.807) is 0 Å². The van der Waals surface area contributed by atoms with Gasteiger partial charge in [0.05, 0.1) is 6.61 Å². The van der Waals surface area contributed by atoms with Crippen molar-refractivity contribution in [2.24, 2.45) is 11.8 Å². The lowest BCUT2D eigenvalue weighted by molar-refractivity contribution is -0.122. The molecule has 2 nitrogen and oxygen atoms in total. The van der Waals surface area contributed by atoms with Crippen LogP contribution in [0.3, 0.4) is 0 Å². The van der Waals surface area contributed by atoms with E-state index in [2.05, 4.69) is 0 Å². The van der Waals surface area contributed by atoms with E-state index in [0.717, 1.165) is 6.42 Å². The lowest BCUT2D eigenvalue weighted by Crippen LogP contribution is -2.16. The van der Waals surface area contributed by atoms with Gasteiger partial charge >= 0.3 is 0 Å². The Balaban J connectivity index is 2.55. The quantitative estimate of drug-likeness (QED) is 0.561. The smallest absolute Gasteiger partial charge is 0.138 e. The highest BCUT2D eigenvalue weighted by Gasteiger charge is 2.30. The Hall–Kier alpha value is -0.370. The Morgan fingerprint density at radius 1 is 1.78 bits per heavy atom. The fraction of sp³-hybridized carbons (Fsp3) is 0.857. The highest BCUT2D eigenvalue weighted by atomic mass is 16.3. The van der Waals surface area contributed by atoms with Crippen LogP contribution >= 0.6 is 0 Å². The predicted molar refractivity (Wildman–Crippen MR) is 34.0 cm³/mol. The van der Waals surface area contributed by atoms with E-state index in [-0.39, 0.29) is 18.3 Å². The first-order chi connectivity index (χ1) is 4.25. The number of carbonyl (C=O) groups excluding carboxylic acids is 1. The van der Waals surface area contributed by atoms with E-state index in [4.69, 9.17) is 5.11 Å². The molecule has 1 rings (SSSR count). The van der Waals surface area contributed by atoms with E-state index in [1.165, 1.54) is 0 Å². The Morgan fingerprint density at radius 2 is 2.44 bits per heavy atom. The highest BCUT2D eigenvalue weighted by molar-refractivity contribution is 5.83. The number of carbonyl (C=O) groups is 1. The van der Waals surface area contributed by atoms with Crippen LogP contribution in [0.4, 0.5) is 0 Å². The van der Waals surface area contributed by atoms with Crippen molar-refractivity contribution < 1.29 is 9.90 Å². The predicted octanol–water partition coefficient (Wildman–Crippen LogP) is 0.594. The molecule has 1 saturated carbocycles. The molecule has 0 heterocycles. The van der Waals surface area contributed by atoms with Gasteiger partial charge in [-0.25, -0.2) is 0 Å². The normalized spacial score (nSPS) is 35.6. The van der Waals surface area contributed by atoms with Crippen molar-refractivity contribution in [2.45, 2.75) is 19.8 Å². The summed E-state index contributed by atoms with van der Waals surface area (Å²) in [5, 5.41) is 8.69. The molecule has 9 heavy (non-hydrogen) atoms. The Morgan fingerprint density at radius 3 is 2.67 bits per heavy atom.